The van der Waals surface area contributed by atoms with Crippen LogP contribution in [-0.2, 0) is 14.3 Å². The Hall–Kier alpha value is -1.66. The molecule has 0 aliphatic carbocycles. The molecule has 0 aromatic heterocycles. The van der Waals surface area contributed by atoms with Gasteiger partial charge in [-0.15, -0.1) is 0 Å². The van der Waals surface area contributed by atoms with E-state index < -0.39 is 12.1 Å². The molecule has 0 heterocycles. The third-order valence-corrected chi connectivity index (χ3v) is 12.0. The maximum Gasteiger partial charge on any atom is 0.305 e. The van der Waals surface area contributed by atoms with Crippen LogP contribution >= 0.6 is 0 Å². The van der Waals surface area contributed by atoms with Crippen LogP contribution in [0.25, 0.3) is 0 Å². The van der Waals surface area contributed by atoms with Crippen LogP contribution in [0.3, 0.4) is 0 Å². The number of amides is 1. The second kappa shape index (κ2) is 49.0. The van der Waals surface area contributed by atoms with E-state index in [1.165, 1.54) is 186 Å². The fraction of sp³-hybridized carbons (Fsp3) is 0.887. The van der Waals surface area contributed by atoms with Gasteiger partial charge < -0.3 is 20.3 Å². The number of aliphatic hydroxyl groups excluding tert-OH is 2. The van der Waals surface area contributed by atoms with Crippen molar-refractivity contribution in [2.75, 3.05) is 13.2 Å². The van der Waals surface area contributed by atoms with Gasteiger partial charge >= 0.3 is 5.97 Å². The quantitative estimate of drug-likeness (QED) is 0.0322. The normalized spacial score (nSPS) is 12.8. The van der Waals surface area contributed by atoms with E-state index >= 15 is 0 Å². The van der Waals surface area contributed by atoms with Gasteiger partial charge in [-0.2, -0.15) is 0 Å². The molecule has 2 atom stereocenters. The fourth-order valence-corrected chi connectivity index (χ4v) is 7.96. The average Bonchev–Trinajstić information content (AvgIpc) is 3.24. The summed E-state index contributed by atoms with van der Waals surface area (Å²) in [5, 5.41) is 23.1. The Balaban J connectivity index is 3.43. The lowest BCUT2D eigenvalue weighted by molar-refractivity contribution is -0.143. The molecule has 1 amide bonds. The second-order valence-corrected chi connectivity index (χ2v) is 17.9. The van der Waals surface area contributed by atoms with Crippen LogP contribution in [0.15, 0.2) is 24.3 Å². The van der Waals surface area contributed by atoms with Crippen LogP contribution in [0.2, 0.25) is 0 Å². The number of carbonyl (C=O) groups excluding carboxylic acids is 2. The highest BCUT2D eigenvalue weighted by atomic mass is 16.5. The van der Waals surface area contributed by atoms with E-state index in [-0.39, 0.29) is 18.5 Å². The van der Waals surface area contributed by atoms with E-state index in [4.69, 9.17) is 4.74 Å². The van der Waals surface area contributed by atoms with Crippen molar-refractivity contribution >= 4 is 11.9 Å². The molecule has 0 aliphatic heterocycles. The van der Waals surface area contributed by atoms with E-state index in [1.54, 1.807) is 0 Å². The number of hydrogen-bond donors (Lipinski definition) is 3. The number of ether oxygens (including phenoxy) is 1. The minimum Gasteiger partial charge on any atom is -0.466 e. The molecule has 59 heavy (non-hydrogen) atoms. The largest absolute Gasteiger partial charge is 0.466 e. The van der Waals surface area contributed by atoms with Crippen LogP contribution in [0, 0.1) is 0 Å². The highest BCUT2D eigenvalue weighted by Gasteiger charge is 2.20. The van der Waals surface area contributed by atoms with E-state index in [9.17, 15) is 19.8 Å². The Bertz CT molecular complexity index is 920. The zero-order valence-corrected chi connectivity index (χ0v) is 39.5. The van der Waals surface area contributed by atoms with Gasteiger partial charge in [0.2, 0.25) is 5.91 Å². The van der Waals surface area contributed by atoms with Gasteiger partial charge in [0, 0.05) is 12.8 Å². The Morgan fingerprint density at radius 2 is 0.847 bits per heavy atom. The molecule has 2 unspecified atom stereocenters. The van der Waals surface area contributed by atoms with Gasteiger partial charge in [-0.3, -0.25) is 9.59 Å². The van der Waals surface area contributed by atoms with Gasteiger partial charge in [0.25, 0.3) is 0 Å². The molecule has 0 saturated carbocycles. The molecule has 6 nitrogen and oxygen atoms in total. The summed E-state index contributed by atoms with van der Waals surface area (Å²) in [6.45, 7) is 4.90. The molecule has 0 saturated heterocycles. The van der Waals surface area contributed by atoms with E-state index in [0.717, 1.165) is 57.8 Å². The van der Waals surface area contributed by atoms with Crippen molar-refractivity contribution < 1.29 is 24.5 Å². The lowest BCUT2D eigenvalue weighted by Crippen LogP contribution is -2.45. The summed E-state index contributed by atoms with van der Waals surface area (Å²) in [7, 11) is 0. The van der Waals surface area contributed by atoms with Crippen LogP contribution in [-0.4, -0.2) is 47.4 Å². The summed E-state index contributed by atoms with van der Waals surface area (Å²) >= 11 is 0. The fourth-order valence-electron chi connectivity index (χ4n) is 7.96. The number of unbranched alkanes of at least 4 members (excludes halogenated alkanes) is 33. The summed E-state index contributed by atoms with van der Waals surface area (Å²) in [6.07, 6.45) is 57.2. The minimum absolute atomic E-state index is 0.0130. The first-order valence-electron chi connectivity index (χ1n) is 26.1. The van der Waals surface area contributed by atoms with Crippen LogP contribution < -0.4 is 5.32 Å². The zero-order valence-electron chi connectivity index (χ0n) is 39.5. The van der Waals surface area contributed by atoms with Crippen LogP contribution in [0.4, 0.5) is 0 Å². The topological polar surface area (TPSA) is 95.9 Å². The predicted molar refractivity (Wildman–Crippen MR) is 255 cm³/mol. The monoisotopic (exact) mass is 832 g/mol. The summed E-state index contributed by atoms with van der Waals surface area (Å²) in [4.78, 5) is 24.4. The number of hydrogen-bond acceptors (Lipinski definition) is 5. The summed E-state index contributed by atoms with van der Waals surface area (Å²) in [5.74, 6) is -0.0582. The number of rotatable bonds is 48. The van der Waals surface area contributed by atoms with Crippen molar-refractivity contribution in [3.63, 3.8) is 0 Å². The van der Waals surface area contributed by atoms with Gasteiger partial charge in [-0.05, 0) is 57.8 Å². The standard InChI is InChI=1S/C53H101NO5/c1-3-5-7-9-11-13-15-16-17-20-23-27-31-35-39-43-47-53(58)59-48-44-40-36-32-28-24-21-18-19-22-26-30-34-38-42-46-52(57)54-50(49-55)51(56)45-41-37-33-29-25-14-12-10-8-6-4-2/h13,15,17,20,50-51,55-56H,3-12,14,16,18-19,21-49H2,1-2H3,(H,54,57)/b15-13-,20-17-. The van der Waals surface area contributed by atoms with Crippen molar-refractivity contribution in [1.29, 1.82) is 0 Å². The zero-order chi connectivity index (χ0) is 43.0. The molecule has 0 rings (SSSR count). The van der Waals surface area contributed by atoms with Gasteiger partial charge in [0.15, 0.2) is 0 Å². The summed E-state index contributed by atoms with van der Waals surface area (Å²) < 4.78 is 5.46. The second-order valence-electron chi connectivity index (χ2n) is 17.9. The van der Waals surface area contributed by atoms with E-state index in [0.29, 0.717) is 25.9 Å². The average molecular weight is 832 g/mol. The molecule has 0 aromatic rings. The molecule has 6 heteroatoms. The Kier molecular flexibility index (Phi) is 47.6. The SMILES string of the molecule is CCCCCC/C=C\C/C=C\CCCCCCCC(=O)OCCCCCCCCCCCCCCCCCC(=O)NC(CO)C(O)CCCCCCCCCCCCC. The van der Waals surface area contributed by atoms with E-state index in [2.05, 4.69) is 43.5 Å². The first-order chi connectivity index (χ1) is 29.0. The Morgan fingerprint density at radius 3 is 1.31 bits per heavy atom. The van der Waals surface area contributed by atoms with Gasteiger partial charge in [-0.1, -0.05) is 231 Å². The van der Waals surface area contributed by atoms with Crippen molar-refractivity contribution in [2.24, 2.45) is 0 Å². The van der Waals surface area contributed by atoms with Crippen molar-refractivity contribution in [3.8, 4) is 0 Å². The highest BCUT2D eigenvalue weighted by Crippen LogP contribution is 2.16. The lowest BCUT2D eigenvalue weighted by atomic mass is 10.0. The number of carbonyl (C=O) groups is 2. The number of nitrogens with one attached hydrogen (secondary N) is 1. The molecule has 3 N–H and O–H groups in total. The lowest BCUT2D eigenvalue weighted by Gasteiger charge is -2.22. The van der Waals surface area contributed by atoms with Crippen LogP contribution in [0.1, 0.15) is 277 Å². The summed E-state index contributed by atoms with van der Waals surface area (Å²) in [6, 6.07) is -0.547. The maximum atomic E-state index is 12.4. The molecule has 0 spiro atoms. The predicted octanol–water partition coefficient (Wildman–Crippen LogP) is 15.5. The van der Waals surface area contributed by atoms with Crippen molar-refractivity contribution in [3.05, 3.63) is 24.3 Å². The smallest absolute Gasteiger partial charge is 0.305 e. The molecule has 0 fully saturated rings. The maximum absolute atomic E-state index is 12.4. The van der Waals surface area contributed by atoms with Crippen molar-refractivity contribution in [1.82, 2.24) is 5.32 Å². The number of allylic oxidation sites excluding steroid dienone is 4. The molecule has 0 aromatic carbocycles. The number of esters is 1. The van der Waals surface area contributed by atoms with Gasteiger partial charge in [-0.25, -0.2) is 0 Å². The highest BCUT2D eigenvalue weighted by molar-refractivity contribution is 5.76. The minimum atomic E-state index is -0.669. The number of aliphatic hydroxyl groups is 2. The third kappa shape index (κ3) is 45.7. The molecule has 348 valence electrons. The summed E-state index contributed by atoms with van der Waals surface area (Å²) in [5.41, 5.74) is 0. The Morgan fingerprint density at radius 1 is 0.475 bits per heavy atom. The molecule has 0 radical (unpaired) electrons. The molecular formula is C53H101NO5. The first kappa shape index (κ1) is 57.3. The van der Waals surface area contributed by atoms with Crippen LogP contribution in [0.5, 0.6) is 0 Å². The molecular weight excluding hydrogens is 731 g/mol. The molecule has 0 aliphatic rings. The van der Waals surface area contributed by atoms with Crippen molar-refractivity contribution in [2.45, 2.75) is 289 Å². The van der Waals surface area contributed by atoms with Gasteiger partial charge in [0.1, 0.15) is 0 Å². The molecule has 0 bridgehead atoms. The Labute approximate surface area is 367 Å². The first-order valence-corrected chi connectivity index (χ1v) is 26.1. The third-order valence-electron chi connectivity index (χ3n) is 12.0. The van der Waals surface area contributed by atoms with E-state index in [1.807, 2.05) is 0 Å². The van der Waals surface area contributed by atoms with Gasteiger partial charge in [0.05, 0.1) is 25.4 Å².